The zero-order valence-electron chi connectivity index (χ0n) is 5.48. The van der Waals surface area contributed by atoms with Gasteiger partial charge in [0.2, 0.25) is 0 Å². The molecule has 1 nitrogen and oxygen atoms in total. The van der Waals surface area contributed by atoms with E-state index in [-0.39, 0.29) is 0 Å². The molecule has 1 atom stereocenters. The summed E-state index contributed by atoms with van der Waals surface area (Å²) in [6.45, 7) is 2.09. The van der Waals surface area contributed by atoms with Crippen molar-refractivity contribution in [3.05, 3.63) is 0 Å². The fraction of sp³-hybridized carbons (Fsp3) is 1.00. The molecular weight excluding hydrogens is 168 g/mol. The molecular formula is C6H13BrO. The van der Waals surface area contributed by atoms with Crippen LogP contribution in [0.25, 0.3) is 0 Å². The van der Waals surface area contributed by atoms with Crippen molar-refractivity contribution in [1.29, 1.82) is 0 Å². The van der Waals surface area contributed by atoms with Gasteiger partial charge in [-0.05, 0) is 19.8 Å². The van der Waals surface area contributed by atoms with Gasteiger partial charge in [0.15, 0.2) is 0 Å². The molecule has 0 aliphatic heterocycles. The molecule has 0 aromatic heterocycles. The molecule has 0 aliphatic rings. The van der Waals surface area contributed by atoms with Crippen molar-refractivity contribution in [2.45, 2.75) is 25.9 Å². The predicted octanol–water partition coefficient (Wildman–Crippen LogP) is 2.20. The molecule has 8 heavy (non-hydrogen) atoms. The lowest BCUT2D eigenvalue weighted by Gasteiger charge is -2.05. The van der Waals surface area contributed by atoms with Crippen LogP contribution in [-0.4, -0.2) is 18.5 Å². The summed E-state index contributed by atoms with van der Waals surface area (Å²) in [4.78, 5) is 0. The standard InChI is InChI=1S/C6H13BrO/c1-6(8-2)4-3-5-7/h6H,3-5H2,1-2H3/t6-/m1/s1. The molecule has 50 valence electrons. The first kappa shape index (κ1) is 8.44. The van der Waals surface area contributed by atoms with Crippen LogP contribution in [0.5, 0.6) is 0 Å². The summed E-state index contributed by atoms with van der Waals surface area (Å²) in [7, 11) is 1.75. The zero-order valence-corrected chi connectivity index (χ0v) is 7.07. The SMILES string of the molecule is CO[C@H](C)CCCBr. The Kier molecular flexibility index (Phi) is 5.88. The van der Waals surface area contributed by atoms with E-state index in [0.29, 0.717) is 6.10 Å². The summed E-state index contributed by atoms with van der Waals surface area (Å²) < 4.78 is 5.03. The van der Waals surface area contributed by atoms with Crippen LogP contribution in [0.4, 0.5) is 0 Å². The third-order valence-electron chi connectivity index (χ3n) is 1.15. The van der Waals surface area contributed by atoms with E-state index in [4.69, 9.17) is 4.74 Å². The second kappa shape index (κ2) is 5.57. The molecule has 0 saturated carbocycles. The first-order valence-corrected chi connectivity index (χ1v) is 4.02. The van der Waals surface area contributed by atoms with Crippen LogP contribution in [0.2, 0.25) is 0 Å². The number of rotatable bonds is 4. The van der Waals surface area contributed by atoms with Crippen LogP contribution in [0.3, 0.4) is 0 Å². The average Bonchev–Trinajstić information content (AvgIpc) is 1.83. The molecule has 0 bridgehead atoms. The monoisotopic (exact) mass is 180 g/mol. The fourth-order valence-electron chi connectivity index (χ4n) is 0.482. The van der Waals surface area contributed by atoms with Crippen molar-refractivity contribution in [3.8, 4) is 0 Å². The maximum atomic E-state index is 5.03. The average molecular weight is 181 g/mol. The number of alkyl halides is 1. The normalized spacial score (nSPS) is 13.9. The topological polar surface area (TPSA) is 9.23 Å². The quantitative estimate of drug-likeness (QED) is 0.604. The minimum atomic E-state index is 0.424. The largest absolute Gasteiger partial charge is 0.382 e. The van der Waals surface area contributed by atoms with E-state index in [1.807, 2.05) is 0 Å². The summed E-state index contributed by atoms with van der Waals surface area (Å²) in [5.41, 5.74) is 0. The Balaban J connectivity index is 2.86. The van der Waals surface area contributed by atoms with Crippen LogP contribution in [-0.2, 0) is 4.74 Å². The minimum absolute atomic E-state index is 0.424. The van der Waals surface area contributed by atoms with Crippen molar-refractivity contribution >= 4 is 15.9 Å². The van der Waals surface area contributed by atoms with Gasteiger partial charge in [-0.1, -0.05) is 15.9 Å². The second-order valence-electron chi connectivity index (χ2n) is 1.88. The third-order valence-corrected chi connectivity index (χ3v) is 1.71. The van der Waals surface area contributed by atoms with E-state index in [1.54, 1.807) is 7.11 Å². The van der Waals surface area contributed by atoms with Gasteiger partial charge in [0.05, 0.1) is 6.10 Å². The summed E-state index contributed by atoms with van der Waals surface area (Å²) in [6, 6.07) is 0. The Morgan fingerprint density at radius 3 is 2.62 bits per heavy atom. The van der Waals surface area contributed by atoms with Crippen LogP contribution in [0, 0.1) is 0 Å². The minimum Gasteiger partial charge on any atom is -0.382 e. The highest BCUT2D eigenvalue weighted by atomic mass is 79.9. The molecule has 0 heterocycles. The number of methoxy groups -OCH3 is 1. The Labute approximate surface area is 59.5 Å². The summed E-state index contributed by atoms with van der Waals surface area (Å²) in [5, 5.41) is 1.08. The summed E-state index contributed by atoms with van der Waals surface area (Å²) in [5.74, 6) is 0. The van der Waals surface area contributed by atoms with Crippen molar-refractivity contribution < 1.29 is 4.74 Å². The third kappa shape index (κ3) is 4.60. The van der Waals surface area contributed by atoms with Crippen molar-refractivity contribution in [2.24, 2.45) is 0 Å². The molecule has 0 radical (unpaired) electrons. The Morgan fingerprint density at radius 1 is 1.62 bits per heavy atom. The maximum Gasteiger partial charge on any atom is 0.0543 e. The highest BCUT2D eigenvalue weighted by molar-refractivity contribution is 9.09. The number of halogens is 1. The Bertz CT molecular complexity index is 47.8. The zero-order chi connectivity index (χ0) is 6.41. The molecule has 0 N–H and O–H groups in total. The van der Waals surface area contributed by atoms with Crippen LogP contribution in [0.1, 0.15) is 19.8 Å². The molecule has 0 spiro atoms. The first-order valence-electron chi connectivity index (χ1n) is 2.90. The van der Waals surface area contributed by atoms with E-state index in [1.165, 1.54) is 6.42 Å². The molecule has 0 fully saturated rings. The molecule has 0 aromatic carbocycles. The lowest BCUT2D eigenvalue weighted by molar-refractivity contribution is 0.110. The van der Waals surface area contributed by atoms with Gasteiger partial charge in [-0.15, -0.1) is 0 Å². The van der Waals surface area contributed by atoms with Gasteiger partial charge in [-0.2, -0.15) is 0 Å². The van der Waals surface area contributed by atoms with Crippen molar-refractivity contribution in [1.82, 2.24) is 0 Å². The van der Waals surface area contributed by atoms with E-state index in [9.17, 15) is 0 Å². The number of hydrogen-bond acceptors (Lipinski definition) is 1. The molecule has 0 unspecified atom stereocenters. The van der Waals surface area contributed by atoms with Crippen LogP contribution in [0.15, 0.2) is 0 Å². The van der Waals surface area contributed by atoms with Crippen LogP contribution >= 0.6 is 15.9 Å². The van der Waals surface area contributed by atoms with Gasteiger partial charge >= 0.3 is 0 Å². The van der Waals surface area contributed by atoms with Crippen LogP contribution < -0.4 is 0 Å². The second-order valence-corrected chi connectivity index (χ2v) is 2.67. The van der Waals surface area contributed by atoms with Gasteiger partial charge in [-0.25, -0.2) is 0 Å². The van der Waals surface area contributed by atoms with Gasteiger partial charge in [0, 0.05) is 12.4 Å². The predicted molar refractivity (Wildman–Crippen MR) is 39.5 cm³/mol. The lowest BCUT2D eigenvalue weighted by Crippen LogP contribution is -2.03. The number of ether oxygens (including phenoxy) is 1. The van der Waals surface area contributed by atoms with E-state index in [0.717, 1.165) is 11.8 Å². The molecule has 2 heteroatoms. The fourth-order valence-corrected chi connectivity index (χ4v) is 0.806. The van der Waals surface area contributed by atoms with Gasteiger partial charge < -0.3 is 4.74 Å². The van der Waals surface area contributed by atoms with Crippen molar-refractivity contribution in [3.63, 3.8) is 0 Å². The summed E-state index contributed by atoms with van der Waals surface area (Å²) in [6.07, 6.45) is 2.78. The van der Waals surface area contributed by atoms with Gasteiger partial charge in [0.1, 0.15) is 0 Å². The molecule has 0 rings (SSSR count). The molecule has 0 aromatic rings. The Hall–Kier alpha value is 0.440. The first-order chi connectivity index (χ1) is 3.81. The van der Waals surface area contributed by atoms with E-state index < -0.39 is 0 Å². The maximum absolute atomic E-state index is 5.03. The molecule has 0 amide bonds. The lowest BCUT2D eigenvalue weighted by atomic mass is 10.2. The van der Waals surface area contributed by atoms with E-state index >= 15 is 0 Å². The Morgan fingerprint density at radius 2 is 2.25 bits per heavy atom. The highest BCUT2D eigenvalue weighted by Crippen LogP contribution is 2.00. The highest BCUT2D eigenvalue weighted by Gasteiger charge is 1.95. The molecule has 0 saturated heterocycles. The molecule has 0 aliphatic carbocycles. The summed E-state index contributed by atoms with van der Waals surface area (Å²) >= 11 is 3.35. The van der Waals surface area contributed by atoms with Gasteiger partial charge in [-0.3, -0.25) is 0 Å². The number of hydrogen-bond donors (Lipinski definition) is 0. The smallest absolute Gasteiger partial charge is 0.0543 e. The van der Waals surface area contributed by atoms with Gasteiger partial charge in [0.25, 0.3) is 0 Å². The van der Waals surface area contributed by atoms with E-state index in [2.05, 4.69) is 22.9 Å². The van der Waals surface area contributed by atoms with Crippen molar-refractivity contribution in [2.75, 3.05) is 12.4 Å².